The molecule has 0 aromatic heterocycles. The van der Waals surface area contributed by atoms with Crippen molar-refractivity contribution in [2.24, 2.45) is 5.84 Å². The van der Waals surface area contributed by atoms with Crippen molar-refractivity contribution in [3.05, 3.63) is 69.7 Å². The summed E-state index contributed by atoms with van der Waals surface area (Å²) in [5.41, 5.74) is 7.30. The number of hydrazine groups is 1. The quantitative estimate of drug-likeness (QED) is 0.649. The minimum absolute atomic E-state index is 0.322. The van der Waals surface area contributed by atoms with Gasteiger partial charge in [-0.25, -0.2) is 0 Å². The van der Waals surface area contributed by atoms with Crippen molar-refractivity contribution in [3.63, 3.8) is 0 Å². The normalized spacial score (nSPS) is 18.2. The number of rotatable bonds is 5. The molecular formula is C17H19BrN2. The molecule has 0 fully saturated rings. The van der Waals surface area contributed by atoms with Crippen molar-refractivity contribution in [1.82, 2.24) is 5.43 Å². The summed E-state index contributed by atoms with van der Waals surface area (Å²) in [5.74, 6) is 6.40. The van der Waals surface area contributed by atoms with E-state index in [2.05, 4.69) is 69.9 Å². The van der Waals surface area contributed by atoms with Crippen LogP contribution < -0.4 is 11.3 Å². The van der Waals surface area contributed by atoms with Gasteiger partial charge in [-0.15, -0.1) is 0 Å². The fraction of sp³-hybridized carbons (Fsp3) is 0.294. The first-order valence-electron chi connectivity index (χ1n) is 7.04. The summed E-state index contributed by atoms with van der Waals surface area (Å²) in [5, 5.41) is 0. The molecule has 2 atom stereocenters. The van der Waals surface area contributed by atoms with Gasteiger partial charge < -0.3 is 0 Å². The molecule has 3 rings (SSSR count). The van der Waals surface area contributed by atoms with E-state index in [1.807, 2.05) is 0 Å². The maximum Gasteiger partial charge on any atom is 0.0256 e. The van der Waals surface area contributed by atoms with Gasteiger partial charge in [-0.3, -0.25) is 11.3 Å². The highest BCUT2D eigenvalue weighted by atomic mass is 79.9. The van der Waals surface area contributed by atoms with E-state index in [1.54, 1.807) is 0 Å². The van der Waals surface area contributed by atoms with Crippen LogP contribution in [0.5, 0.6) is 0 Å². The molecule has 2 unspecified atom stereocenters. The molecule has 2 aromatic carbocycles. The summed E-state index contributed by atoms with van der Waals surface area (Å²) in [6.07, 6.45) is 3.25. The fourth-order valence-corrected chi connectivity index (χ4v) is 3.52. The molecular weight excluding hydrogens is 312 g/mol. The van der Waals surface area contributed by atoms with Gasteiger partial charge in [0.25, 0.3) is 0 Å². The Bertz CT molecular complexity index is 597. The molecule has 20 heavy (non-hydrogen) atoms. The Morgan fingerprint density at radius 2 is 2.05 bits per heavy atom. The molecule has 3 N–H and O–H groups in total. The van der Waals surface area contributed by atoms with E-state index < -0.39 is 0 Å². The van der Waals surface area contributed by atoms with Gasteiger partial charge in [-0.2, -0.15) is 0 Å². The van der Waals surface area contributed by atoms with Crippen molar-refractivity contribution in [2.45, 2.75) is 31.2 Å². The Morgan fingerprint density at radius 3 is 2.80 bits per heavy atom. The zero-order valence-corrected chi connectivity index (χ0v) is 12.9. The highest BCUT2D eigenvalue weighted by Gasteiger charge is 2.27. The van der Waals surface area contributed by atoms with E-state index in [0.29, 0.717) is 12.0 Å². The van der Waals surface area contributed by atoms with E-state index in [0.717, 1.165) is 17.3 Å². The van der Waals surface area contributed by atoms with Gasteiger partial charge in [-0.1, -0.05) is 52.3 Å². The number of benzene rings is 2. The molecule has 0 aliphatic heterocycles. The van der Waals surface area contributed by atoms with Crippen LogP contribution in [0.2, 0.25) is 0 Å². The standard InChI is InChI=1S/C17H19BrN2/c18-15-6-3-4-12(8-15)9-16(20-19)11-14-10-13-5-1-2-7-17(13)14/h1-8,14,16,20H,9-11,19H2. The minimum Gasteiger partial charge on any atom is -0.271 e. The van der Waals surface area contributed by atoms with Gasteiger partial charge in [0.2, 0.25) is 0 Å². The van der Waals surface area contributed by atoms with E-state index in [1.165, 1.54) is 23.1 Å². The Hall–Kier alpha value is -1.16. The van der Waals surface area contributed by atoms with Crippen molar-refractivity contribution >= 4 is 15.9 Å². The zero-order chi connectivity index (χ0) is 13.9. The molecule has 104 valence electrons. The van der Waals surface area contributed by atoms with Gasteiger partial charge in [0.1, 0.15) is 0 Å². The minimum atomic E-state index is 0.322. The third-order valence-electron chi connectivity index (χ3n) is 4.14. The molecule has 0 spiro atoms. The SMILES string of the molecule is NNC(Cc1cccc(Br)c1)CC1Cc2ccccc21. The van der Waals surface area contributed by atoms with Gasteiger partial charge >= 0.3 is 0 Å². The first kappa shape index (κ1) is 13.8. The number of nitrogens with two attached hydrogens (primary N) is 1. The van der Waals surface area contributed by atoms with Crippen LogP contribution in [-0.4, -0.2) is 6.04 Å². The second kappa shape index (κ2) is 6.08. The lowest BCUT2D eigenvalue weighted by molar-refractivity contribution is 0.421. The molecule has 2 nitrogen and oxygen atoms in total. The first-order valence-corrected chi connectivity index (χ1v) is 7.84. The lowest BCUT2D eigenvalue weighted by atomic mass is 9.74. The monoisotopic (exact) mass is 330 g/mol. The fourth-order valence-electron chi connectivity index (χ4n) is 3.08. The van der Waals surface area contributed by atoms with Gasteiger partial charge in [0.15, 0.2) is 0 Å². The molecule has 0 heterocycles. The Labute approximate surface area is 128 Å². The van der Waals surface area contributed by atoms with Crippen LogP contribution in [0.15, 0.2) is 53.0 Å². The lowest BCUT2D eigenvalue weighted by Crippen LogP contribution is -2.39. The van der Waals surface area contributed by atoms with E-state index in [-0.39, 0.29) is 0 Å². The van der Waals surface area contributed by atoms with E-state index in [4.69, 9.17) is 5.84 Å². The largest absolute Gasteiger partial charge is 0.271 e. The van der Waals surface area contributed by atoms with Crippen molar-refractivity contribution in [3.8, 4) is 0 Å². The maximum atomic E-state index is 5.74. The first-order chi connectivity index (χ1) is 9.76. The van der Waals surface area contributed by atoms with Crippen LogP contribution in [0.3, 0.4) is 0 Å². The average molecular weight is 331 g/mol. The zero-order valence-electron chi connectivity index (χ0n) is 11.4. The summed E-state index contributed by atoms with van der Waals surface area (Å²) >= 11 is 3.52. The smallest absolute Gasteiger partial charge is 0.0256 e. The average Bonchev–Trinajstić information content (AvgIpc) is 2.43. The van der Waals surface area contributed by atoms with Crippen molar-refractivity contribution < 1.29 is 0 Å². The molecule has 2 aromatic rings. The second-order valence-corrected chi connectivity index (χ2v) is 6.45. The topological polar surface area (TPSA) is 38.0 Å². The molecule has 1 aliphatic rings. The van der Waals surface area contributed by atoms with Crippen LogP contribution in [0, 0.1) is 0 Å². The number of halogens is 1. The van der Waals surface area contributed by atoms with Crippen LogP contribution in [0.1, 0.15) is 29.0 Å². The van der Waals surface area contributed by atoms with Gasteiger partial charge in [-0.05, 0) is 54.0 Å². The third-order valence-corrected chi connectivity index (χ3v) is 4.63. The van der Waals surface area contributed by atoms with Crippen molar-refractivity contribution in [2.75, 3.05) is 0 Å². The Kier molecular flexibility index (Phi) is 4.20. The molecule has 0 radical (unpaired) electrons. The molecule has 0 bridgehead atoms. The number of fused-ring (bicyclic) bond motifs is 1. The summed E-state index contributed by atoms with van der Waals surface area (Å²) in [7, 11) is 0. The van der Waals surface area contributed by atoms with Gasteiger partial charge in [0, 0.05) is 10.5 Å². The summed E-state index contributed by atoms with van der Waals surface area (Å²) < 4.78 is 1.12. The van der Waals surface area contributed by atoms with Crippen LogP contribution in [-0.2, 0) is 12.8 Å². The number of nitrogens with one attached hydrogen (secondary N) is 1. The second-order valence-electron chi connectivity index (χ2n) is 5.53. The maximum absolute atomic E-state index is 5.74. The Balaban J connectivity index is 1.64. The highest BCUT2D eigenvalue weighted by molar-refractivity contribution is 9.10. The molecule has 0 saturated carbocycles. The third kappa shape index (κ3) is 2.95. The molecule has 0 amide bonds. The Morgan fingerprint density at radius 1 is 1.20 bits per heavy atom. The highest BCUT2D eigenvalue weighted by Crippen LogP contribution is 2.38. The van der Waals surface area contributed by atoms with E-state index in [9.17, 15) is 0 Å². The summed E-state index contributed by atoms with van der Waals surface area (Å²) in [6.45, 7) is 0. The lowest BCUT2D eigenvalue weighted by Gasteiger charge is -2.33. The summed E-state index contributed by atoms with van der Waals surface area (Å²) in [6, 6.07) is 17.5. The van der Waals surface area contributed by atoms with Gasteiger partial charge in [0.05, 0.1) is 0 Å². The predicted octanol–water partition coefficient (Wildman–Crippen LogP) is 3.55. The molecule has 0 saturated heterocycles. The predicted molar refractivity (Wildman–Crippen MR) is 86.5 cm³/mol. The number of hydrogen-bond acceptors (Lipinski definition) is 2. The summed E-state index contributed by atoms with van der Waals surface area (Å²) in [4.78, 5) is 0. The van der Waals surface area contributed by atoms with Crippen LogP contribution in [0.25, 0.3) is 0 Å². The molecule has 3 heteroatoms. The van der Waals surface area contributed by atoms with Crippen molar-refractivity contribution in [1.29, 1.82) is 0 Å². The molecule has 1 aliphatic carbocycles. The van der Waals surface area contributed by atoms with Crippen LogP contribution >= 0.6 is 15.9 Å². The number of hydrogen-bond donors (Lipinski definition) is 2. The van der Waals surface area contributed by atoms with E-state index >= 15 is 0 Å². The van der Waals surface area contributed by atoms with Crippen LogP contribution in [0.4, 0.5) is 0 Å².